The number of aliphatic hydroxyl groups is 1. The van der Waals surface area contributed by atoms with Crippen LogP contribution in [0.15, 0.2) is 240 Å². The Kier molecular flexibility index (Phi) is 51.9. The maximum Gasteiger partial charge on any atom is 0.319 e. The van der Waals surface area contributed by atoms with Crippen molar-refractivity contribution in [1.29, 1.82) is 0 Å². The molecule has 39 heteroatoms. The smallest absolute Gasteiger partial charge is 0.319 e. The van der Waals surface area contributed by atoms with E-state index in [1.54, 1.807) is 20.3 Å². The minimum Gasteiger partial charge on any atom is -0.493 e. The van der Waals surface area contributed by atoms with Crippen LogP contribution in [0.2, 0.25) is 0 Å². The van der Waals surface area contributed by atoms with E-state index in [9.17, 15) is 59.6 Å². The predicted octanol–water partition coefficient (Wildman–Crippen LogP) is 29.5. The van der Waals surface area contributed by atoms with Gasteiger partial charge in [0.1, 0.15) is 68.4 Å². The zero-order valence-electron chi connectivity index (χ0n) is 65.3. The largest absolute Gasteiger partial charge is 0.493 e. The van der Waals surface area contributed by atoms with E-state index in [0.717, 1.165) is 85.9 Å². The van der Waals surface area contributed by atoms with Gasteiger partial charge in [-0.05, 0) is 222 Å². The van der Waals surface area contributed by atoms with Gasteiger partial charge in [0.05, 0.1) is 48.3 Å². The third-order valence-electron chi connectivity index (χ3n) is 16.9. The van der Waals surface area contributed by atoms with Gasteiger partial charge in [-0.1, -0.05) is 126 Å². The summed E-state index contributed by atoms with van der Waals surface area (Å²) in [5.41, 5.74) is 14.8. The number of halogens is 23. The predicted molar refractivity (Wildman–Crippen MR) is 547 cm³/mol. The number of ether oxygens (including phenoxy) is 5. The first kappa shape index (κ1) is 117. The van der Waals surface area contributed by atoms with Gasteiger partial charge in [-0.3, -0.25) is 19.7 Å². The summed E-state index contributed by atoms with van der Waals surface area (Å²) >= 11 is 51.2. The number of aliphatic hydroxyl groups excluding tert-OH is 1. The Morgan fingerprint density at radius 3 is 1.21 bits per heavy atom. The fourth-order valence-electron chi connectivity index (χ4n) is 10.9. The molecule has 3 aliphatic rings. The van der Waals surface area contributed by atoms with Crippen molar-refractivity contribution in [3.05, 3.63) is 339 Å². The average molecular weight is 2750 g/mol. The fraction of sp³-hybridized carbons (Fsp3) is 0.193. The normalized spacial score (nSPS) is 11.7. The number of methoxy groups -OCH3 is 2. The Morgan fingerprint density at radius 2 is 0.858 bits per heavy atom. The summed E-state index contributed by atoms with van der Waals surface area (Å²) in [6.07, 6.45) is 8.20. The van der Waals surface area contributed by atoms with E-state index >= 15 is 0 Å². The van der Waals surface area contributed by atoms with Crippen molar-refractivity contribution in [3.63, 3.8) is 0 Å². The van der Waals surface area contributed by atoms with Crippen LogP contribution >= 0.6 is 247 Å². The molecule has 14 rings (SSSR count). The molecule has 0 aliphatic carbocycles. The summed E-state index contributed by atoms with van der Waals surface area (Å²) in [6, 6.07) is 49.9. The van der Waals surface area contributed by atoms with Gasteiger partial charge >= 0.3 is 154 Å². The summed E-state index contributed by atoms with van der Waals surface area (Å²) in [6.45, 7) is 4.65. The molecular weight excluding hydrogens is 2680 g/mol. The number of rotatable bonds is 14. The number of benzene rings is 11. The molecule has 0 saturated heterocycles. The summed E-state index contributed by atoms with van der Waals surface area (Å²) in [5, 5.41) is 30.7. The zero-order valence-corrected chi connectivity index (χ0v) is 89.8. The second-order valence-electron chi connectivity index (χ2n) is 26.1. The van der Waals surface area contributed by atoms with Crippen molar-refractivity contribution in [3.8, 4) is 17.2 Å². The number of anilines is 1. The maximum absolute atomic E-state index is 13.2. The summed E-state index contributed by atoms with van der Waals surface area (Å²) in [5.74, 6) is -5.57. The molecule has 127 heavy (non-hydrogen) atoms. The molecule has 0 fully saturated rings. The number of carbonyl (C=O) groups is 3. The van der Waals surface area contributed by atoms with E-state index in [1.807, 2.05) is 54.6 Å². The molecule has 0 unspecified atom stereocenters. The first-order valence-electron chi connectivity index (χ1n) is 35.7. The molecule has 0 atom stereocenters. The van der Waals surface area contributed by atoms with Crippen LogP contribution in [0.1, 0.15) is 72.4 Å². The van der Waals surface area contributed by atoms with E-state index in [0.29, 0.717) is 114 Å². The molecular formula is C88H79Br13ClF8IN3O12P. The Balaban J connectivity index is 0.000000369. The van der Waals surface area contributed by atoms with Crippen LogP contribution in [0.3, 0.4) is 0 Å². The Labute approximate surface area is 858 Å². The van der Waals surface area contributed by atoms with E-state index in [-0.39, 0.29) is 72.9 Å². The summed E-state index contributed by atoms with van der Waals surface area (Å²) in [4.78, 5) is 40.3. The Bertz CT molecular complexity index is 5390. The molecule has 0 saturated carbocycles. The maximum atomic E-state index is 13.2. The van der Waals surface area contributed by atoms with Crippen molar-refractivity contribution >= 4 is 299 Å². The average Bonchev–Trinajstić information content (AvgIpc) is 0.867. The van der Waals surface area contributed by atoms with E-state index in [2.05, 4.69) is 266 Å². The number of carbonyl (C=O) groups excluding carboxylic acids is 2. The monoisotopic (exact) mass is 2740 g/mol. The molecule has 11 aromatic rings. The molecule has 0 radical (unpaired) electrons. The number of aliphatic carboxylic acids is 1. The van der Waals surface area contributed by atoms with Crippen molar-refractivity contribution in [1.82, 2.24) is 0 Å². The van der Waals surface area contributed by atoms with Crippen LogP contribution in [0.25, 0.3) is 6.08 Å². The molecule has 11 aromatic carbocycles. The van der Waals surface area contributed by atoms with Crippen molar-refractivity contribution in [2.75, 3.05) is 52.7 Å². The minimum absolute atomic E-state index is 0. The number of nitro groups is 1. The van der Waals surface area contributed by atoms with Gasteiger partial charge in [0.15, 0.2) is 12.1 Å². The molecule has 0 amide bonds. The molecule has 0 aromatic heterocycles. The Hall–Kier alpha value is -4.62. The van der Waals surface area contributed by atoms with Crippen LogP contribution in [0, 0.1) is 60.2 Å². The quantitative estimate of drug-likeness (QED) is 0.00758. The molecule has 6 N–H and O–H groups in total. The van der Waals surface area contributed by atoms with Gasteiger partial charge in [0.2, 0.25) is 5.82 Å². The number of aldehydes is 2. The number of nitrogens with zero attached hydrogens (tertiary/aromatic N) is 1. The number of hydrogen-bond donors (Lipinski definition) is 4. The van der Waals surface area contributed by atoms with E-state index in [1.165, 1.54) is 99.0 Å². The second kappa shape index (κ2) is 56.5. The van der Waals surface area contributed by atoms with Gasteiger partial charge < -0.3 is 45.4 Å². The third-order valence-corrected chi connectivity index (χ3v) is 35.6. The number of carboxylic acids is 1. The van der Waals surface area contributed by atoms with Gasteiger partial charge in [-0.25, -0.2) is 30.7 Å². The van der Waals surface area contributed by atoms with Crippen LogP contribution in [0.5, 0.6) is 17.2 Å². The second-order valence-corrected chi connectivity index (χ2v) is 44.5. The summed E-state index contributed by atoms with van der Waals surface area (Å²) in [7, 11) is 3.28. The van der Waals surface area contributed by atoms with Crippen LogP contribution in [0.4, 0.5) is 46.5 Å². The van der Waals surface area contributed by atoms with E-state index < -0.39 is 39.7 Å². The van der Waals surface area contributed by atoms with Crippen LogP contribution in [-0.2, 0) is 51.2 Å². The number of carboxylic acid groups (broad SMARTS) is 1. The number of hydrogen-bond acceptors (Lipinski definition) is 13. The van der Waals surface area contributed by atoms with Crippen molar-refractivity contribution < 1.29 is 88.3 Å². The molecule has 3 aliphatic heterocycles. The molecule has 0 spiro atoms. The number of nitrogen functional groups attached to an aromatic ring is 1. The van der Waals surface area contributed by atoms with Crippen molar-refractivity contribution in [2.24, 2.45) is 5.73 Å². The summed E-state index contributed by atoms with van der Waals surface area (Å²) < 4.78 is 137. The molecule has 0 bridgehead atoms. The van der Waals surface area contributed by atoms with Crippen LogP contribution < -0.4 is 41.6 Å². The topological polar surface area (TPSA) is 233 Å². The number of nitro benzene ring substituents is 1. The van der Waals surface area contributed by atoms with Crippen LogP contribution in [-0.4, -0.2) is 86.2 Å². The number of nitrogens with two attached hydrogens (primary N) is 2. The van der Waals surface area contributed by atoms with Gasteiger partial charge in [0.25, 0.3) is 0 Å². The number of fused-ring (bicyclic) bond motifs is 3. The molecule has 684 valence electrons. The Morgan fingerprint density at radius 1 is 0.528 bits per heavy atom. The molecule has 15 nitrogen and oxygen atoms in total. The standard InChI is InChI=1S/C20H20ClOP.C9H7Br2FO.C8H7Br2FO.C8H5Br2FO.C8H5BrFNO3.C8H7BrFNO.C8H6BrFO.C7H3Br2FO.C6H2Br2FI.C4H9NO2.2CH4/c1-22-17-23(21,18-11-5-2-6-12-18,19-13-7-3-8-14-19)20-15-9-4-10-16-20;1-13-3-2-7-8(10)4-6(12)5-9(7)11;2*9-7-3-5(11)4-8(10)6(7)1-2-12;9-7-4-1-2-14-6(4)3-5(10)8(7)11(12)13;9-7-4-1-2-12-6(4)3-5(10)8(7)11;9-7-3-5(10)4-8-6(7)1-2-11-8;8-6-1-4(10)2-7(9)5(6)3-11;7-4-1-3(9)2-5(8)6(4)10;1-4(2,5)3(6)7;;/h2-16H,17H2,1H3;2-5H,1H3;3-4,12H,1-2H2;2-4H,1H2;3H,1-2H2;3H,1-2,11H2;3-4H,1-2H2;1-3H;1-2H;5H2,1-2H3,(H,6,7);2*1H4/b;3-2+;;;;;;;;;;. The minimum atomic E-state index is -3.18. The fourth-order valence-corrected chi connectivity index (χ4v) is 25.4. The molecule has 3 heterocycles. The van der Waals surface area contributed by atoms with E-state index in [4.69, 9.17) is 56.6 Å². The van der Waals surface area contributed by atoms with Gasteiger partial charge in [-0.15, -0.1) is 0 Å². The first-order chi connectivity index (χ1) is 58.9. The van der Waals surface area contributed by atoms with Crippen molar-refractivity contribution in [2.45, 2.75) is 66.3 Å². The first-order valence-corrected chi connectivity index (χ1v) is 50.4. The van der Waals surface area contributed by atoms with Gasteiger partial charge in [-0.2, -0.15) is 4.39 Å². The van der Waals surface area contributed by atoms with Gasteiger partial charge in [0, 0.05) is 131 Å². The zero-order chi connectivity index (χ0) is 93.4. The third kappa shape index (κ3) is 34.4. The SMILES string of the molecule is C.C.CC(C)(N)C(=O)O.CO/C=C/c1c(Br)cc(F)cc1Br.COCP(Cl)(c1ccccc1)(c1ccccc1)c1ccccc1.Fc1cc(Br)c(I)c(Br)c1.Fc1cc(Br)c2c(c1)OCC2.Nc1c(F)cc2c(c1Br)CCO2.O=CCc1c(Br)cc(F)cc1Br.O=Cc1c(Br)cc(F)cc1Br.O=[N+]([O-])c1c(F)cc2c(c1Br)CCO2.OCCc1c(Br)cc(F)cc1Br.